The zero-order valence-corrected chi connectivity index (χ0v) is 14.7. The van der Waals surface area contributed by atoms with Crippen LogP contribution in [0.25, 0.3) is 0 Å². The van der Waals surface area contributed by atoms with Crippen LogP contribution in [0.15, 0.2) is 11.9 Å². The molecule has 0 fully saturated rings. The fourth-order valence-electron chi connectivity index (χ4n) is 1.90. The third-order valence-electron chi connectivity index (χ3n) is 2.42. The number of hydrogen-bond donors (Lipinski definition) is 1. The molecule has 0 amide bonds. The van der Waals surface area contributed by atoms with E-state index in [-0.39, 0.29) is 0 Å². The zero-order valence-electron chi connectivity index (χ0n) is 12.9. The molecule has 1 atom stereocenters. The van der Waals surface area contributed by atoms with Gasteiger partial charge in [-0.1, -0.05) is 0 Å². The van der Waals surface area contributed by atoms with Crippen molar-refractivity contribution in [2.24, 2.45) is 0 Å². The Morgan fingerprint density at radius 3 is 2.11 bits per heavy atom. The van der Waals surface area contributed by atoms with E-state index in [1.54, 1.807) is 0 Å². The first kappa shape index (κ1) is 18.5. The van der Waals surface area contributed by atoms with Gasteiger partial charge in [0.25, 0.3) is 0 Å². The highest BCUT2D eigenvalue weighted by Crippen LogP contribution is 2.47. The van der Waals surface area contributed by atoms with Gasteiger partial charge in [0.1, 0.15) is 8.30 Å². The van der Waals surface area contributed by atoms with Crippen LogP contribution in [-0.4, -0.2) is 48.2 Å². The standard InChI is InChI=1S/C13H30NO2P2/c1-12(2)14(13(3)4)17(5)16-10-8-9-11-18(6,7)15/h9,11-13,15H,8,10H2,1-7H3/q+1/b11-9+. The van der Waals surface area contributed by atoms with Crippen molar-refractivity contribution in [3.63, 3.8) is 0 Å². The van der Waals surface area contributed by atoms with Crippen LogP contribution in [0.1, 0.15) is 34.1 Å². The minimum atomic E-state index is -1.77. The van der Waals surface area contributed by atoms with E-state index >= 15 is 0 Å². The van der Waals surface area contributed by atoms with Gasteiger partial charge in [0.15, 0.2) is 7.49 Å². The molecule has 0 aliphatic rings. The molecule has 1 N–H and O–H groups in total. The van der Waals surface area contributed by atoms with Gasteiger partial charge in [-0.25, -0.2) is 4.89 Å². The van der Waals surface area contributed by atoms with E-state index in [0.717, 1.165) is 13.0 Å². The molecule has 3 nitrogen and oxygen atoms in total. The van der Waals surface area contributed by atoms with Gasteiger partial charge in [0.2, 0.25) is 0 Å². The highest BCUT2D eigenvalue weighted by Gasteiger charge is 2.20. The summed E-state index contributed by atoms with van der Waals surface area (Å²) in [5.74, 6) is 1.93. The molecule has 0 aliphatic carbocycles. The molecule has 0 aromatic carbocycles. The van der Waals surface area contributed by atoms with Crippen LogP contribution in [0, 0.1) is 0 Å². The molecule has 18 heavy (non-hydrogen) atoms. The monoisotopic (exact) mass is 294 g/mol. The van der Waals surface area contributed by atoms with Crippen LogP contribution in [0.3, 0.4) is 0 Å². The average Bonchev–Trinajstić information content (AvgIpc) is 2.13. The smallest absolute Gasteiger partial charge is 0.160 e. The first-order chi connectivity index (χ1) is 8.15. The summed E-state index contributed by atoms with van der Waals surface area (Å²) in [5, 5.41) is 0. The number of nitrogens with zero attached hydrogens (tertiary/aromatic N) is 1. The summed E-state index contributed by atoms with van der Waals surface area (Å²) in [6.07, 6.45) is 2.91. The van der Waals surface area contributed by atoms with Gasteiger partial charge in [-0.3, -0.25) is 4.67 Å². The summed E-state index contributed by atoms with van der Waals surface area (Å²) < 4.78 is 8.33. The summed E-state index contributed by atoms with van der Waals surface area (Å²) in [4.78, 5) is 9.64. The van der Waals surface area contributed by atoms with Crippen molar-refractivity contribution in [1.82, 2.24) is 4.67 Å². The van der Waals surface area contributed by atoms with Crippen LogP contribution in [-0.2, 0) is 4.52 Å². The van der Waals surface area contributed by atoms with Crippen molar-refractivity contribution < 1.29 is 9.42 Å². The number of rotatable bonds is 8. The van der Waals surface area contributed by atoms with Crippen LogP contribution < -0.4 is 0 Å². The van der Waals surface area contributed by atoms with Crippen molar-refractivity contribution in [3.8, 4) is 0 Å². The Labute approximate surface area is 115 Å². The van der Waals surface area contributed by atoms with E-state index in [1.165, 1.54) is 0 Å². The summed E-state index contributed by atoms with van der Waals surface area (Å²) in [5.41, 5.74) is 0. The van der Waals surface area contributed by atoms with E-state index in [2.05, 4.69) is 39.0 Å². The second-order valence-corrected chi connectivity index (χ2v) is 10.4. The SMILES string of the molecule is CC(C)N(C(C)C)P(C)OCC/C=C/[P+](C)(C)O. The van der Waals surface area contributed by atoms with Gasteiger partial charge in [0, 0.05) is 12.1 Å². The lowest BCUT2D eigenvalue weighted by molar-refractivity contribution is 0.259. The minimum Gasteiger partial charge on any atom is -0.343 e. The Balaban J connectivity index is 4.02. The first-order valence-corrected chi connectivity index (χ1v) is 10.9. The fourth-order valence-corrected chi connectivity index (χ4v) is 4.37. The fraction of sp³-hybridized carbons (Fsp3) is 0.846. The van der Waals surface area contributed by atoms with Gasteiger partial charge in [-0.05, 0) is 46.9 Å². The summed E-state index contributed by atoms with van der Waals surface area (Å²) in [6, 6.07) is 1.03. The van der Waals surface area contributed by atoms with Gasteiger partial charge >= 0.3 is 0 Å². The molecular weight excluding hydrogens is 264 g/mol. The minimum absolute atomic E-state index is 0.513. The van der Waals surface area contributed by atoms with E-state index in [9.17, 15) is 4.89 Å². The highest BCUT2D eigenvalue weighted by molar-refractivity contribution is 7.71. The van der Waals surface area contributed by atoms with E-state index in [1.807, 2.05) is 25.2 Å². The summed E-state index contributed by atoms with van der Waals surface area (Å²) >= 11 is 0. The highest BCUT2D eigenvalue weighted by atomic mass is 31.2. The van der Waals surface area contributed by atoms with Gasteiger partial charge in [-0.15, -0.1) is 0 Å². The van der Waals surface area contributed by atoms with Crippen molar-refractivity contribution in [2.75, 3.05) is 26.6 Å². The Kier molecular flexibility index (Phi) is 8.84. The molecule has 0 spiro atoms. The van der Waals surface area contributed by atoms with Crippen LogP contribution in [0.2, 0.25) is 0 Å². The molecule has 0 radical (unpaired) electrons. The predicted octanol–water partition coefficient (Wildman–Crippen LogP) is 4.15. The van der Waals surface area contributed by atoms with Gasteiger partial charge in [-0.2, -0.15) is 0 Å². The van der Waals surface area contributed by atoms with Crippen molar-refractivity contribution in [1.29, 1.82) is 0 Å². The molecule has 0 bridgehead atoms. The molecule has 0 saturated carbocycles. The summed E-state index contributed by atoms with van der Waals surface area (Å²) in [7, 11) is -2.29. The molecule has 0 aromatic rings. The van der Waals surface area contributed by atoms with Crippen molar-refractivity contribution in [3.05, 3.63) is 11.9 Å². The average molecular weight is 294 g/mol. The molecule has 0 saturated heterocycles. The van der Waals surface area contributed by atoms with Gasteiger partial charge < -0.3 is 4.52 Å². The summed E-state index contributed by atoms with van der Waals surface area (Å²) in [6.45, 7) is 15.5. The van der Waals surface area contributed by atoms with E-state index in [4.69, 9.17) is 4.52 Å². The lowest BCUT2D eigenvalue weighted by Gasteiger charge is -2.35. The largest absolute Gasteiger partial charge is 0.343 e. The lowest BCUT2D eigenvalue weighted by atomic mass is 10.3. The maximum absolute atomic E-state index is 9.64. The van der Waals surface area contributed by atoms with Crippen molar-refractivity contribution in [2.45, 2.75) is 46.2 Å². The quantitative estimate of drug-likeness (QED) is 0.539. The topological polar surface area (TPSA) is 32.7 Å². The molecule has 108 valence electrons. The molecule has 0 heterocycles. The zero-order chi connectivity index (χ0) is 14.3. The first-order valence-electron chi connectivity index (χ1n) is 6.54. The Bertz CT molecular complexity index is 242. The second kappa shape index (κ2) is 8.61. The van der Waals surface area contributed by atoms with Crippen molar-refractivity contribution >= 4 is 15.8 Å². The molecule has 5 heteroatoms. The Hall–Kier alpha value is 0.480. The lowest BCUT2D eigenvalue weighted by Crippen LogP contribution is -2.32. The number of hydrogen-bond acceptors (Lipinski definition) is 3. The van der Waals surface area contributed by atoms with E-state index < -0.39 is 15.8 Å². The second-order valence-electron chi connectivity index (χ2n) is 5.52. The maximum atomic E-state index is 9.64. The van der Waals surface area contributed by atoms with E-state index in [0.29, 0.717) is 12.1 Å². The predicted molar refractivity (Wildman–Crippen MR) is 85.7 cm³/mol. The normalized spacial score (nSPS) is 15.3. The molecular formula is C13H30NO2P2+. The Morgan fingerprint density at radius 1 is 1.22 bits per heavy atom. The molecule has 0 aliphatic heterocycles. The Morgan fingerprint density at radius 2 is 1.72 bits per heavy atom. The van der Waals surface area contributed by atoms with Crippen LogP contribution in [0.4, 0.5) is 0 Å². The molecule has 1 unspecified atom stereocenters. The van der Waals surface area contributed by atoms with Crippen LogP contribution in [0.5, 0.6) is 0 Å². The van der Waals surface area contributed by atoms with Gasteiger partial charge in [0.05, 0.1) is 25.8 Å². The molecule has 0 rings (SSSR count). The van der Waals surface area contributed by atoms with Crippen LogP contribution >= 0.6 is 15.8 Å². The third kappa shape index (κ3) is 8.56. The third-order valence-corrected chi connectivity index (χ3v) is 5.49. The maximum Gasteiger partial charge on any atom is 0.160 e. The molecule has 0 aromatic heterocycles.